The highest BCUT2D eigenvalue weighted by Crippen LogP contribution is 2.23. The average Bonchev–Trinajstić information content (AvgIpc) is 2.52. The van der Waals surface area contributed by atoms with Gasteiger partial charge < -0.3 is 4.74 Å². The highest BCUT2D eigenvalue weighted by molar-refractivity contribution is 4.53. The van der Waals surface area contributed by atoms with Gasteiger partial charge in [0.15, 0.2) is 0 Å². The Bertz CT molecular complexity index is 242. The molecule has 0 radical (unpaired) electrons. The van der Waals surface area contributed by atoms with Crippen LogP contribution in [0.2, 0.25) is 0 Å². The van der Waals surface area contributed by atoms with Crippen LogP contribution in [0.1, 0.15) is 110 Å². The summed E-state index contributed by atoms with van der Waals surface area (Å²) < 4.78 is 41.4. The van der Waals surface area contributed by atoms with Crippen LogP contribution < -0.4 is 0 Å². The summed E-state index contributed by atoms with van der Waals surface area (Å²) in [5.41, 5.74) is 0. The number of rotatable bonds is 18. The fourth-order valence-electron chi connectivity index (χ4n) is 2.82. The van der Waals surface area contributed by atoms with Gasteiger partial charge in [0.2, 0.25) is 0 Å². The molecule has 0 unspecified atom stereocenters. The van der Waals surface area contributed by atoms with E-state index in [1.807, 2.05) is 0 Å². The van der Waals surface area contributed by atoms with Gasteiger partial charge in [-0.15, -0.1) is 0 Å². The van der Waals surface area contributed by atoms with Crippen LogP contribution in [0.4, 0.5) is 13.2 Å². The fourth-order valence-corrected chi connectivity index (χ4v) is 2.82. The SMILES string of the molecule is CCCCOCCCCCCCCCCCCCCCC(F)(F)F. The second kappa shape index (κ2) is 17.6. The van der Waals surface area contributed by atoms with E-state index in [9.17, 15) is 13.2 Å². The van der Waals surface area contributed by atoms with Crippen molar-refractivity contribution in [2.45, 2.75) is 116 Å². The molecule has 0 rings (SSSR count). The van der Waals surface area contributed by atoms with Gasteiger partial charge >= 0.3 is 6.18 Å². The molecule has 0 amide bonds. The first-order chi connectivity index (χ1) is 11.6. The summed E-state index contributed by atoms with van der Waals surface area (Å²) in [5.74, 6) is 0. The van der Waals surface area contributed by atoms with Crippen LogP contribution in [-0.4, -0.2) is 19.4 Å². The quantitative estimate of drug-likeness (QED) is 0.228. The molecule has 0 aromatic carbocycles. The maximum Gasteiger partial charge on any atom is 0.389 e. The van der Waals surface area contributed by atoms with Crippen LogP contribution in [0, 0.1) is 0 Å². The lowest BCUT2D eigenvalue weighted by molar-refractivity contribution is -0.135. The monoisotopic (exact) mass is 352 g/mol. The van der Waals surface area contributed by atoms with Crippen molar-refractivity contribution in [3.63, 3.8) is 0 Å². The summed E-state index contributed by atoms with van der Waals surface area (Å²) in [5, 5.41) is 0. The Morgan fingerprint density at radius 3 is 1.33 bits per heavy atom. The molecule has 0 heterocycles. The largest absolute Gasteiger partial charge is 0.389 e. The number of alkyl halides is 3. The Morgan fingerprint density at radius 2 is 0.917 bits per heavy atom. The summed E-state index contributed by atoms with van der Waals surface area (Å²) >= 11 is 0. The van der Waals surface area contributed by atoms with E-state index in [0.717, 1.165) is 32.5 Å². The van der Waals surface area contributed by atoms with E-state index < -0.39 is 12.6 Å². The lowest BCUT2D eigenvalue weighted by Gasteiger charge is -2.06. The van der Waals surface area contributed by atoms with E-state index in [4.69, 9.17) is 4.74 Å². The van der Waals surface area contributed by atoms with E-state index in [1.54, 1.807) is 0 Å². The molecule has 0 bridgehead atoms. The van der Waals surface area contributed by atoms with Gasteiger partial charge in [-0.05, 0) is 19.3 Å². The molecule has 0 aliphatic carbocycles. The van der Waals surface area contributed by atoms with E-state index >= 15 is 0 Å². The molecule has 0 saturated carbocycles. The molecular weight excluding hydrogens is 313 g/mol. The average molecular weight is 353 g/mol. The Kier molecular flexibility index (Phi) is 17.4. The van der Waals surface area contributed by atoms with Crippen LogP contribution in [0.3, 0.4) is 0 Å². The third kappa shape index (κ3) is 21.8. The molecule has 4 heteroatoms. The van der Waals surface area contributed by atoms with Crippen molar-refractivity contribution in [1.29, 1.82) is 0 Å². The number of hydrogen-bond acceptors (Lipinski definition) is 1. The van der Waals surface area contributed by atoms with Gasteiger partial charge in [-0.2, -0.15) is 13.2 Å². The lowest BCUT2D eigenvalue weighted by Crippen LogP contribution is -2.06. The van der Waals surface area contributed by atoms with Gasteiger partial charge in [0.05, 0.1) is 0 Å². The summed E-state index contributed by atoms with van der Waals surface area (Å²) in [6.45, 7) is 4.02. The van der Waals surface area contributed by atoms with Crippen molar-refractivity contribution in [3.05, 3.63) is 0 Å². The van der Waals surface area contributed by atoms with E-state index in [2.05, 4.69) is 6.92 Å². The maximum atomic E-state index is 12.0. The van der Waals surface area contributed by atoms with Crippen molar-refractivity contribution in [3.8, 4) is 0 Å². The van der Waals surface area contributed by atoms with Gasteiger partial charge in [0.1, 0.15) is 0 Å². The highest BCUT2D eigenvalue weighted by Gasteiger charge is 2.25. The zero-order valence-corrected chi connectivity index (χ0v) is 15.8. The van der Waals surface area contributed by atoms with Crippen molar-refractivity contribution in [2.75, 3.05) is 13.2 Å². The molecule has 0 spiro atoms. The highest BCUT2D eigenvalue weighted by atomic mass is 19.4. The summed E-state index contributed by atoms with van der Waals surface area (Å²) in [7, 11) is 0. The predicted octanol–water partition coefficient (Wildman–Crippen LogP) is 7.83. The minimum atomic E-state index is -3.97. The normalized spacial score (nSPS) is 12.0. The molecule has 0 fully saturated rings. The number of ether oxygens (including phenoxy) is 1. The van der Waals surface area contributed by atoms with Crippen LogP contribution in [0.15, 0.2) is 0 Å². The van der Waals surface area contributed by atoms with Crippen LogP contribution in [0.25, 0.3) is 0 Å². The minimum Gasteiger partial charge on any atom is -0.381 e. The van der Waals surface area contributed by atoms with Crippen LogP contribution in [-0.2, 0) is 4.74 Å². The first kappa shape index (κ1) is 23.8. The zero-order valence-electron chi connectivity index (χ0n) is 15.8. The Hall–Kier alpha value is -0.250. The maximum absolute atomic E-state index is 12.0. The van der Waals surface area contributed by atoms with Gasteiger partial charge in [-0.25, -0.2) is 0 Å². The molecule has 0 aliphatic rings. The summed E-state index contributed by atoms with van der Waals surface area (Å²) in [6, 6.07) is 0. The van der Waals surface area contributed by atoms with E-state index in [-0.39, 0.29) is 0 Å². The fraction of sp³-hybridized carbons (Fsp3) is 1.00. The third-order valence-corrected chi connectivity index (χ3v) is 4.39. The van der Waals surface area contributed by atoms with E-state index in [0.29, 0.717) is 6.42 Å². The Balaban J connectivity index is 3.00. The smallest absolute Gasteiger partial charge is 0.381 e. The first-order valence-electron chi connectivity index (χ1n) is 10.2. The van der Waals surface area contributed by atoms with Crippen molar-refractivity contribution in [2.24, 2.45) is 0 Å². The molecule has 0 aromatic rings. The Morgan fingerprint density at radius 1 is 0.542 bits per heavy atom. The molecular formula is C20H39F3O. The van der Waals surface area contributed by atoms with Crippen molar-refractivity contribution in [1.82, 2.24) is 0 Å². The third-order valence-electron chi connectivity index (χ3n) is 4.39. The van der Waals surface area contributed by atoms with E-state index in [1.165, 1.54) is 70.6 Å². The minimum absolute atomic E-state index is 0.299. The number of hydrogen-bond donors (Lipinski definition) is 0. The lowest BCUT2D eigenvalue weighted by atomic mass is 10.0. The molecule has 0 atom stereocenters. The molecule has 24 heavy (non-hydrogen) atoms. The van der Waals surface area contributed by atoms with Gasteiger partial charge in [-0.1, -0.05) is 84.0 Å². The number of unbranched alkanes of at least 4 members (excludes halogenated alkanes) is 13. The molecule has 0 N–H and O–H groups in total. The topological polar surface area (TPSA) is 9.23 Å². The molecule has 0 aromatic heterocycles. The van der Waals surface area contributed by atoms with Crippen LogP contribution >= 0.6 is 0 Å². The standard InChI is InChI=1S/C20H39F3O/c1-2-3-18-24-19-16-14-12-10-8-6-4-5-7-9-11-13-15-17-20(21,22)23/h2-19H2,1H3. The van der Waals surface area contributed by atoms with Crippen LogP contribution in [0.5, 0.6) is 0 Å². The second-order valence-corrected chi connectivity index (χ2v) is 6.93. The van der Waals surface area contributed by atoms with Gasteiger partial charge in [-0.3, -0.25) is 0 Å². The first-order valence-corrected chi connectivity index (χ1v) is 10.2. The Labute approximate surface area is 147 Å². The van der Waals surface area contributed by atoms with Crippen molar-refractivity contribution < 1.29 is 17.9 Å². The van der Waals surface area contributed by atoms with Crippen molar-refractivity contribution >= 4 is 0 Å². The predicted molar refractivity (Wildman–Crippen MR) is 96.4 cm³/mol. The molecule has 0 aliphatic heterocycles. The van der Waals surface area contributed by atoms with Gasteiger partial charge in [0, 0.05) is 19.6 Å². The summed E-state index contributed by atoms with van der Waals surface area (Å²) in [4.78, 5) is 0. The second-order valence-electron chi connectivity index (χ2n) is 6.93. The van der Waals surface area contributed by atoms with Gasteiger partial charge in [0.25, 0.3) is 0 Å². The summed E-state index contributed by atoms with van der Waals surface area (Å²) in [6.07, 6.45) is 12.3. The molecule has 1 nitrogen and oxygen atoms in total. The molecule has 0 saturated heterocycles. The molecule has 146 valence electrons. The number of halogens is 3. The zero-order chi connectivity index (χ0) is 17.9.